The third kappa shape index (κ3) is 5.30. The lowest BCUT2D eigenvalue weighted by Crippen LogP contribution is -2.39. The van der Waals surface area contributed by atoms with Crippen LogP contribution in [0.15, 0.2) is 105 Å². The van der Waals surface area contributed by atoms with Gasteiger partial charge < -0.3 is 14.2 Å². The Bertz CT molecular complexity index is 2170. The molecule has 0 fully saturated rings. The van der Waals surface area contributed by atoms with Gasteiger partial charge in [-0.15, -0.1) is 0 Å². The fourth-order valence-electron chi connectivity index (χ4n) is 6.07. The van der Waals surface area contributed by atoms with Crippen molar-refractivity contribution in [1.82, 2.24) is 4.57 Å². The Morgan fingerprint density at radius 3 is 2.56 bits per heavy atom. The minimum atomic E-state index is -0.349. The van der Waals surface area contributed by atoms with Crippen LogP contribution < -0.4 is 29.1 Å². The monoisotopic (exact) mass is 682 g/mol. The summed E-state index contributed by atoms with van der Waals surface area (Å²) in [6.45, 7) is 0.0380. The van der Waals surface area contributed by atoms with E-state index in [0.29, 0.717) is 30.9 Å². The van der Waals surface area contributed by atoms with E-state index < -0.39 is 0 Å². The van der Waals surface area contributed by atoms with E-state index in [1.165, 1.54) is 23.0 Å². The van der Waals surface area contributed by atoms with Crippen LogP contribution in [-0.4, -0.2) is 18.8 Å². The van der Waals surface area contributed by atoms with Gasteiger partial charge in [0.2, 0.25) is 0 Å². The number of allylic oxidation sites excluding steroid dienone is 1. The summed E-state index contributed by atoms with van der Waals surface area (Å²) < 4.78 is 34.6. The molecule has 1 aromatic heterocycles. The maximum atomic E-state index is 14.2. The van der Waals surface area contributed by atoms with Gasteiger partial charge in [-0.3, -0.25) is 9.36 Å². The topological polar surface area (TPSA) is 62.0 Å². The van der Waals surface area contributed by atoms with Crippen LogP contribution in [0, 0.1) is 5.82 Å². The predicted octanol–water partition coefficient (Wildman–Crippen LogP) is 6.82. The fourth-order valence-corrected chi connectivity index (χ4v) is 7.65. The number of thiazole rings is 1. The number of hydrogen-bond donors (Lipinski definition) is 0. The number of halogens is 2. The first-order valence-corrected chi connectivity index (χ1v) is 16.1. The summed E-state index contributed by atoms with van der Waals surface area (Å²) in [7, 11) is 3.20. The third-order valence-electron chi connectivity index (χ3n) is 8.19. The molecule has 5 aromatic rings. The van der Waals surface area contributed by atoms with E-state index in [0.717, 1.165) is 46.6 Å². The first kappa shape index (κ1) is 29.3. The molecule has 0 saturated carbocycles. The first-order valence-electron chi connectivity index (χ1n) is 14.5. The van der Waals surface area contributed by atoms with E-state index in [-0.39, 0.29) is 24.0 Å². The van der Waals surface area contributed by atoms with Gasteiger partial charge in [0.15, 0.2) is 16.3 Å². The van der Waals surface area contributed by atoms with Crippen molar-refractivity contribution >= 4 is 39.0 Å². The zero-order valence-electron chi connectivity index (χ0n) is 24.6. The van der Waals surface area contributed by atoms with Gasteiger partial charge in [0, 0.05) is 16.7 Å². The Morgan fingerprint density at radius 1 is 0.978 bits per heavy atom. The van der Waals surface area contributed by atoms with Crippen LogP contribution in [0.25, 0.3) is 11.8 Å². The Hall–Kier alpha value is -4.47. The van der Waals surface area contributed by atoms with Crippen molar-refractivity contribution in [2.75, 3.05) is 14.2 Å². The lowest BCUT2D eigenvalue weighted by molar-refractivity contribution is 0.278. The Morgan fingerprint density at radius 2 is 1.73 bits per heavy atom. The minimum absolute atomic E-state index is 0.0380. The first-order chi connectivity index (χ1) is 22.0. The number of hydrogen-bond acceptors (Lipinski definition) is 6. The van der Waals surface area contributed by atoms with Crippen LogP contribution in [0.3, 0.4) is 0 Å². The van der Waals surface area contributed by atoms with Crippen molar-refractivity contribution in [3.05, 3.63) is 148 Å². The summed E-state index contributed by atoms with van der Waals surface area (Å²) >= 11 is 4.95. The van der Waals surface area contributed by atoms with E-state index in [4.69, 9.17) is 19.2 Å². The molecule has 226 valence electrons. The number of benzene rings is 4. The van der Waals surface area contributed by atoms with Crippen molar-refractivity contribution in [2.24, 2.45) is 4.99 Å². The quantitative estimate of drug-likeness (QED) is 0.189. The highest BCUT2D eigenvalue weighted by atomic mass is 79.9. The van der Waals surface area contributed by atoms with E-state index >= 15 is 0 Å². The smallest absolute Gasteiger partial charge is 0.271 e. The summed E-state index contributed by atoms with van der Waals surface area (Å²) in [5.41, 5.74) is 6.38. The van der Waals surface area contributed by atoms with Gasteiger partial charge in [0.25, 0.3) is 5.56 Å². The van der Waals surface area contributed by atoms with E-state index in [9.17, 15) is 9.18 Å². The van der Waals surface area contributed by atoms with Gasteiger partial charge in [0.1, 0.15) is 18.2 Å². The van der Waals surface area contributed by atoms with Gasteiger partial charge in [0.05, 0.1) is 35.0 Å². The fraction of sp³-hybridized carbons (Fsp3) is 0.167. The second-order valence-electron chi connectivity index (χ2n) is 10.8. The summed E-state index contributed by atoms with van der Waals surface area (Å²) in [4.78, 5) is 20.0. The van der Waals surface area contributed by atoms with Crippen LogP contribution in [0.4, 0.5) is 4.39 Å². The van der Waals surface area contributed by atoms with Crippen LogP contribution >= 0.6 is 27.3 Å². The van der Waals surface area contributed by atoms with E-state index in [1.54, 1.807) is 43.1 Å². The summed E-state index contributed by atoms with van der Waals surface area (Å²) in [6, 6.07) is 26.0. The molecule has 45 heavy (non-hydrogen) atoms. The number of aryl methyl sites for hydroxylation is 1. The zero-order valence-corrected chi connectivity index (χ0v) is 27.0. The lowest BCUT2D eigenvalue weighted by atomic mass is 9.83. The summed E-state index contributed by atoms with van der Waals surface area (Å²) in [5, 5.41) is 0. The molecule has 4 aromatic carbocycles. The molecule has 0 spiro atoms. The highest BCUT2D eigenvalue weighted by Crippen LogP contribution is 2.43. The number of nitrogens with zero attached hydrogens (tertiary/aromatic N) is 2. The maximum absolute atomic E-state index is 14.2. The molecule has 2 aliphatic rings. The number of fused-ring (bicyclic) bond motifs is 3. The van der Waals surface area contributed by atoms with E-state index in [2.05, 4.69) is 34.1 Å². The molecule has 6 nitrogen and oxygen atoms in total. The molecule has 0 amide bonds. The molecule has 0 radical (unpaired) electrons. The molecule has 0 bridgehead atoms. The standard InChI is InChI=1S/C36H28BrFN2O4S/c1-42-29-14-8-6-12-25(29)33-26-16-15-22-9-3-5-11-24(22)32(26)39-36-40(33)35(41)31(45-36)19-21-17-27(37)34(30(18-21)43-2)44-20-23-10-4-7-13-28(23)38/h3-14,17-19,33H,15-16,20H2,1-2H3/b31-19-/t33-/m0/s1. The van der Waals surface area contributed by atoms with Crippen molar-refractivity contribution < 1.29 is 18.6 Å². The molecule has 7 rings (SSSR count). The normalized spacial score (nSPS) is 15.6. The molecular formula is C36H28BrFN2O4S. The average Bonchev–Trinajstić information content (AvgIpc) is 3.37. The molecule has 9 heteroatoms. The van der Waals surface area contributed by atoms with Crippen LogP contribution in [0.1, 0.15) is 40.3 Å². The maximum Gasteiger partial charge on any atom is 0.271 e. The van der Waals surface area contributed by atoms with Crippen molar-refractivity contribution in [2.45, 2.75) is 25.5 Å². The Labute approximate surface area is 271 Å². The molecule has 1 atom stereocenters. The molecule has 0 unspecified atom stereocenters. The van der Waals surface area contributed by atoms with Gasteiger partial charge in [-0.1, -0.05) is 72.0 Å². The number of methoxy groups -OCH3 is 2. The average molecular weight is 684 g/mol. The van der Waals surface area contributed by atoms with Crippen LogP contribution in [0.2, 0.25) is 0 Å². The number of aromatic nitrogens is 1. The second-order valence-corrected chi connectivity index (χ2v) is 12.6. The van der Waals surface area contributed by atoms with Crippen molar-refractivity contribution in [3.8, 4) is 17.2 Å². The SMILES string of the molecule is COc1ccccc1[C@H]1C2=C(N=c3s/c(=C\c4cc(Br)c(OCc5ccccc5F)c(OC)c4)c(=O)n31)c1ccccc1CC2. The molecule has 0 saturated heterocycles. The highest BCUT2D eigenvalue weighted by Gasteiger charge is 2.34. The lowest BCUT2D eigenvalue weighted by Gasteiger charge is -2.31. The summed E-state index contributed by atoms with van der Waals surface area (Å²) in [6.07, 6.45) is 3.51. The number of para-hydroxylation sites is 1. The predicted molar refractivity (Wildman–Crippen MR) is 177 cm³/mol. The molecular weight excluding hydrogens is 655 g/mol. The van der Waals surface area contributed by atoms with Gasteiger partial charge in [-0.2, -0.15) is 0 Å². The second kappa shape index (κ2) is 12.1. The molecule has 1 aliphatic heterocycles. The van der Waals surface area contributed by atoms with E-state index in [1.807, 2.05) is 42.5 Å². The van der Waals surface area contributed by atoms with Gasteiger partial charge in [-0.25, -0.2) is 9.38 Å². The minimum Gasteiger partial charge on any atom is -0.496 e. The van der Waals surface area contributed by atoms with Crippen LogP contribution in [0.5, 0.6) is 17.2 Å². The largest absolute Gasteiger partial charge is 0.496 e. The number of rotatable bonds is 7. The van der Waals surface area contributed by atoms with Crippen molar-refractivity contribution in [3.63, 3.8) is 0 Å². The van der Waals surface area contributed by atoms with Crippen LogP contribution in [-0.2, 0) is 13.0 Å². The van der Waals surface area contributed by atoms with Crippen molar-refractivity contribution in [1.29, 1.82) is 0 Å². The Balaban J connectivity index is 1.35. The highest BCUT2D eigenvalue weighted by molar-refractivity contribution is 9.10. The van der Waals surface area contributed by atoms with Gasteiger partial charge >= 0.3 is 0 Å². The molecule has 2 heterocycles. The zero-order chi connectivity index (χ0) is 31.1. The number of ether oxygens (including phenoxy) is 3. The summed E-state index contributed by atoms with van der Waals surface area (Å²) in [5.74, 6) is 1.29. The van der Waals surface area contributed by atoms with Gasteiger partial charge in [-0.05, 0) is 75.8 Å². The molecule has 1 aliphatic carbocycles. The third-order valence-corrected chi connectivity index (χ3v) is 9.76. The molecule has 0 N–H and O–H groups in total. The Kier molecular flexibility index (Phi) is 7.89.